The average molecular weight is 238 g/mol. The largest absolute Gasteiger partial charge is 0.326 e. The molecule has 0 atom stereocenters. The molecule has 92 valence electrons. The van der Waals surface area contributed by atoms with Crippen LogP contribution in [0.2, 0.25) is 0 Å². The maximum absolute atomic E-state index is 5.68. The summed E-state index contributed by atoms with van der Waals surface area (Å²) in [5.74, 6) is 0. The fourth-order valence-electron chi connectivity index (χ4n) is 2.63. The van der Waals surface area contributed by atoms with E-state index in [0.29, 0.717) is 6.54 Å². The van der Waals surface area contributed by atoms with Crippen LogP contribution < -0.4 is 5.73 Å². The number of benzene rings is 2. The Morgan fingerprint density at radius 2 is 1.56 bits per heavy atom. The topological polar surface area (TPSA) is 29.3 Å². The van der Waals surface area contributed by atoms with E-state index >= 15 is 0 Å². The minimum atomic E-state index is 0.619. The molecule has 2 aromatic rings. The highest BCUT2D eigenvalue weighted by Gasteiger charge is 2.17. The molecule has 18 heavy (non-hydrogen) atoms. The van der Waals surface area contributed by atoms with Crippen LogP contribution in [0.15, 0.2) is 48.5 Å². The van der Waals surface area contributed by atoms with Crippen LogP contribution in [0.5, 0.6) is 0 Å². The van der Waals surface area contributed by atoms with Gasteiger partial charge in [-0.25, -0.2) is 0 Å². The van der Waals surface area contributed by atoms with Crippen molar-refractivity contribution in [3.63, 3.8) is 0 Å². The molecule has 0 radical (unpaired) electrons. The van der Waals surface area contributed by atoms with Crippen molar-refractivity contribution >= 4 is 0 Å². The lowest BCUT2D eigenvalue weighted by atomic mass is 10.1. The Bertz CT molecular complexity index is 523. The van der Waals surface area contributed by atoms with E-state index in [9.17, 15) is 0 Å². The average Bonchev–Trinajstić information content (AvgIpc) is 2.81. The van der Waals surface area contributed by atoms with Crippen LogP contribution in [0.3, 0.4) is 0 Å². The Balaban J connectivity index is 1.72. The highest BCUT2D eigenvalue weighted by Crippen LogP contribution is 2.23. The first kappa shape index (κ1) is 11.5. The van der Waals surface area contributed by atoms with Crippen molar-refractivity contribution in [3.8, 4) is 0 Å². The van der Waals surface area contributed by atoms with Crippen molar-refractivity contribution in [2.45, 2.75) is 26.2 Å². The Labute approximate surface area is 108 Å². The molecule has 0 bridgehead atoms. The predicted octanol–water partition coefficient (Wildman–Crippen LogP) is 2.66. The molecule has 0 amide bonds. The lowest BCUT2D eigenvalue weighted by Crippen LogP contribution is -2.15. The van der Waals surface area contributed by atoms with Gasteiger partial charge in [0.05, 0.1) is 0 Å². The van der Waals surface area contributed by atoms with Gasteiger partial charge in [0.2, 0.25) is 0 Å². The minimum absolute atomic E-state index is 0.619. The molecule has 0 aliphatic carbocycles. The SMILES string of the molecule is NCc1cccc(CN2Cc3ccccc3C2)c1. The van der Waals surface area contributed by atoms with Gasteiger partial charge in [-0.1, -0.05) is 48.5 Å². The number of fused-ring (bicyclic) bond motifs is 1. The van der Waals surface area contributed by atoms with E-state index in [0.717, 1.165) is 19.6 Å². The van der Waals surface area contributed by atoms with Crippen LogP contribution in [-0.2, 0) is 26.2 Å². The van der Waals surface area contributed by atoms with Crippen LogP contribution in [0, 0.1) is 0 Å². The zero-order valence-electron chi connectivity index (χ0n) is 10.5. The quantitative estimate of drug-likeness (QED) is 0.890. The molecule has 2 aromatic carbocycles. The van der Waals surface area contributed by atoms with E-state index in [2.05, 4.69) is 53.4 Å². The van der Waals surface area contributed by atoms with Gasteiger partial charge in [-0.05, 0) is 22.3 Å². The van der Waals surface area contributed by atoms with Crippen molar-refractivity contribution < 1.29 is 0 Å². The third-order valence-corrected chi connectivity index (χ3v) is 3.54. The van der Waals surface area contributed by atoms with Crippen molar-refractivity contribution in [2.24, 2.45) is 5.73 Å². The number of hydrogen-bond acceptors (Lipinski definition) is 2. The molecule has 1 aliphatic heterocycles. The van der Waals surface area contributed by atoms with Gasteiger partial charge in [0.25, 0.3) is 0 Å². The fourth-order valence-corrected chi connectivity index (χ4v) is 2.63. The molecule has 0 saturated heterocycles. The molecule has 1 heterocycles. The zero-order valence-corrected chi connectivity index (χ0v) is 10.5. The zero-order chi connectivity index (χ0) is 12.4. The molecule has 3 rings (SSSR count). The number of nitrogens with zero attached hydrogens (tertiary/aromatic N) is 1. The maximum Gasteiger partial charge on any atom is 0.0244 e. The fraction of sp³-hybridized carbons (Fsp3) is 0.250. The van der Waals surface area contributed by atoms with Gasteiger partial charge in [0.15, 0.2) is 0 Å². The van der Waals surface area contributed by atoms with E-state index in [4.69, 9.17) is 5.73 Å². The van der Waals surface area contributed by atoms with Crippen molar-refractivity contribution in [1.82, 2.24) is 4.90 Å². The molecule has 0 fully saturated rings. The van der Waals surface area contributed by atoms with Gasteiger partial charge in [0.1, 0.15) is 0 Å². The Hall–Kier alpha value is -1.64. The number of nitrogens with two attached hydrogens (primary N) is 1. The second kappa shape index (κ2) is 4.92. The summed E-state index contributed by atoms with van der Waals surface area (Å²) in [6, 6.07) is 17.3. The van der Waals surface area contributed by atoms with Crippen LogP contribution in [0.4, 0.5) is 0 Å². The molecular weight excluding hydrogens is 220 g/mol. The lowest BCUT2D eigenvalue weighted by Gasteiger charge is -2.15. The first-order valence-corrected chi connectivity index (χ1v) is 6.42. The van der Waals surface area contributed by atoms with Crippen LogP contribution in [0.1, 0.15) is 22.3 Å². The third kappa shape index (κ3) is 2.30. The Kier molecular flexibility index (Phi) is 3.13. The second-order valence-electron chi connectivity index (χ2n) is 4.94. The first-order valence-electron chi connectivity index (χ1n) is 6.42. The number of hydrogen-bond donors (Lipinski definition) is 1. The molecular formula is C16H18N2. The van der Waals surface area contributed by atoms with Crippen molar-refractivity contribution in [2.75, 3.05) is 0 Å². The molecule has 2 nitrogen and oxygen atoms in total. The van der Waals surface area contributed by atoms with Gasteiger partial charge in [-0.3, -0.25) is 4.90 Å². The monoisotopic (exact) mass is 238 g/mol. The van der Waals surface area contributed by atoms with E-state index in [1.165, 1.54) is 22.3 Å². The summed E-state index contributed by atoms with van der Waals surface area (Å²) in [4.78, 5) is 2.47. The normalized spacial score (nSPS) is 14.7. The van der Waals surface area contributed by atoms with Gasteiger partial charge >= 0.3 is 0 Å². The number of rotatable bonds is 3. The van der Waals surface area contributed by atoms with E-state index in [-0.39, 0.29) is 0 Å². The molecule has 1 aliphatic rings. The van der Waals surface area contributed by atoms with Gasteiger partial charge in [0, 0.05) is 26.2 Å². The minimum Gasteiger partial charge on any atom is -0.326 e. The molecule has 2 N–H and O–H groups in total. The van der Waals surface area contributed by atoms with Gasteiger partial charge in [-0.2, -0.15) is 0 Å². The van der Waals surface area contributed by atoms with E-state index < -0.39 is 0 Å². The van der Waals surface area contributed by atoms with Crippen LogP contribution in [-0.4, -0.2) is 4.90 Å². The van der Waals surface area contributed by atoms with E-state index in [1.807, 2.05) is 0 Å². The van der Waals surface area contributed by atoms with Crippen molar-refractivity contribution in [3.05, 3.63) is 70.8 Å². The van der Waals surface area contributed by atoms with Crippen LogP contribution >= 0.6 is 0 Å². The summed E-state index contributed by atoms with van der Waals surface area (Å²) in [6.45, 7) is 3.74. The Morgan fingerprint density at radius 3 is 2.22 bits per heavy atom. The summed E-state index contributed by atoms with van der Waals surface area (Å²) in [7, 11) is 0. The smallest absolute Gasteiger partial charge is 0.0244 e. The van der Waals surface area contributed by atoms with Gasteiger partial charge < -0.3 is 5.73 Å². The molecule has 2 heteroatoms. The summed E-state index contributed by atoms with van der Waals surface area (Å²) in [5, 5.41) is 0. The summed E-state index contributed by atoms with van der Waals surface area (Å²) in [5.41, 5.74) is 11.2. The lowest BCUT2D eigenvalue weighted by molar-refractivity contribution is 0.275. The molecule has 0 aromatic heterocycles. The summed E-state index contributed by atoms with van der Waals surface area (Å²) >= 11 is 0. The van der Waals surface area contributed by atoms with E-state index in [1.54, 1.807) is 0 Å². The Morgan fingerprint density at radius 1 is 0.889 bits per heavy atom. The standard InChI is InChI=1S/C16H18N2/c17-9-13-4-3-5-14(8-13)10-18-11-15-6-1-2-7-16(15)12-18/h1-8H,9-12,17H2. The first-order chi connectivity index (χ1) is 8.85. The van der Waals surface area contributed by atoms with Crippen molar-refractivity contribution in [1.29, 1.82) is 0 Å². The highest BCUT2D eigenvalue weighted by molar-refractivity contribution is 5.31. The summed E-state index contributed by atoms with van der Waals surface area (Å²) in [6.07, 6.45) is 0. The molecule has 0 saturated carbocycles. The van der Waals surface area contributed by atoms with Gasteiger partial charge in [-0.15, -0.1) is 0 Å². The molecule has 0 unspecified atom stereocenters. The summed E-state index contributed by atoms with van der Waals surface area (Å²) < 4.78 is 0. The molecule has 0 spiro atoms. The maximum atomic E-state index is 5.68. The third-order valence-electron chi connectivity index (χ3n) is 3.54. The predicted molar refractivity (Wildman–Crippen MR) is 73.7 cm³/mol. The highest BCUT2D eigenvalue weighted by atomic mass is 15.1. The van der Waals surface area contributed by atoms with Crippen LogP contribution in [0.25, 0.3) is 0 Å². The second-order valence-corrected chi connectivity index (χ2v) is 4.94.